The predicted molar refractivity (Wildman–Crippen MR) is 77.6 cm³/mol. The fourth-order valence-corrected chi connectivity index (χ4v) is 1.68. The van der Waals surface area contributed by atoms with Crippen molar-refractivity contribution in [3.05, 3.63) is 75.7 Å². The number of ketones is 1. The van der Waals surface area contributed by atoms with Crippen LogP contribution < -0.4 is 0 Å². The molecule has 0 bridgehead atoms. The molecule has 0 aliphatic rings. The Balaban J connectivity index is 2.37. The second-order valence-corrected chi connectivity index (χ2v) is 4.16. The van der Waals surface area contributed by atoms with Crippen LogP contribution in [0.3, 0.4) is 0 Å². The third-order valence-electron chi connectivity index (χ3n) is 2.64. The van der Waals surface area contributed by atoms with Gasteiger partial charge >= 0.3 is 0 Å². The van der Waals surface area contributed by atoms with Gasteiger partial charge in [0.25, 0.3) is 0 Å². The van der Waals surface area contributed by atoms with Crippen molar-refractivity contribution in [3.63, 3.8) is 0 Å². The van der Waals surface area contributed by atoms with Crippen LogP contribution >= 0.6 is 0 Å². The van der Waals surface area contributed by atoms with E-state index in [9.17, 15) is 4.79 Å². The van der Waals surface area contributed by atoms with Crippen molar-refractivity contribution in [2.45, 2.75) is 6.92 Å². The van der Waals surface area contributed by atoms with E-state index in [4.69, 9.17) is 5.53 Å². The van der Waals surface area contributed by atoms with Crippen molar-refractivity contribution >= 4 is 11.5 Å². The third-order valence-corrected chi connectivity index (χ3v) is 2.64. The predicted octanol–water partition coefficient (Wildman–Crippen LogP) is 4.17. The highest BCUT2D eigenvalue weighted by molar-refractivity contribution is 6.12. The van der Waals surface area contributed by atoms with Crippen LogP contribution in [-0.4, -0.2) is 5.78 Å². The lowest BCUT2D eigenvalue weighted by molar-refractivity contribution is 0.105. The molecule has 2 aromatic rings. The lowest BCUT2D eigenvalue weighted by atomic mass is 10.1. The molecule has 0 spiro atoms. The van der Waals surface area contributed by atoms with Crippen LogP contribution in [0.5, 0.6) is 0 Å². The summed E-state index contributed by atoms with van der Waals surface area (Å²) >= 11 is 0. The first-order valence-electron chi connectivity index (χ1n) is 5.98. The summed E-state index contributed by atoms with van der Waals surface area (Å²) in [5.41, 5.74) is 10.8. The van der Waals surface area contributed by atoms with Crippen LogP contribution in [0.15, 0.2) is 53.6 Å². The number of carbonyl (C=O) groups excluding carboxylic acids is 1. The summed E-state index contributed by atoms with van der Waals surface area (Å²) in [5, 5.41) is 3.52. The van der Waals surface area contributed by atoms with Gasteiger partial charge in [0.2, 0.25) is 5.78 Å². The number of rotatable bonds is 2. The molecule has 0 radical (unpaired) electrons. The average molecular weight is 261 g/mol. The Labute approximate surface area is 116 Å². The minimum absolute atomic E-state index is 0.297. The van der Waals surface area contributed by atoms with Crippen LogP contribution in [0.4, 0.5) is 5.69 Å². The Hall–Kier alpha value is -3.02. The lowest BCUT2D eigenvalue weighted by Crippen LogP contribution is -1.96. The Morgan fingerprint density at radius 1 is 1.20 bits per heavy atom. The maximum absolute atomic E-state index is 12.1. The molecule has 4 heteroatoms. The molecule has 2 aromatic carbocycles. The Morgan fingerprint density at radius 3 is 2.65 bits per heavy atom. The van der Waals surface area contributed by atoms with Gasteiger partial charge in [-0.25, -0.2) is 0 Å². The number of benzene rings is 2. The molecule has 0 saturated heterocycles. The first-order chi connectivity index (χ1) is 9.70. The molecular formula is C16H11N3O. The van der Waals surface area contributed by atoms with Crippen molar-refractivity contribution in [1.82, 2.24) is 0 Å². The summed E-state index contributed by atoms with van der Waals surface area (Å²) in [6.45, 7) is 1.86. The zero-order valence-corrected chi connectivity index (χ0v) is 10.9. The number of Topliss-reactive ketones (excluding diaryl/α,β-unsaturated/α-hetero) is 1. The molecule has 0 aliphatic heterocycles. The summed E-state index contributed by atoms with van der Waals surface area (Å²) in [5.74, 6) is 5.01. The number of aryl methyl sites for hydroxylation is 1. The van der Waals surface area contributed by atoms with Crippen molar-refractivity contribution < 1.29 is 4.79 Å². The van der Waals surface area contributed by atoms with E-state index in [0.29, 0.717) is 11.3 Å². The Kier molecular flexibility index (Phi) is 4.18. The molecule has 0 unspecified atom stereocenters. The summed E-state index contributed by atoms with van der Waals surface area (Å²) in [4.78, 5) is 14.8. The number of hydrogen-bond donors (Lipinski definition) is 0. The van der Waals surface area contributed by atoms with E-state index < -0.39 is 0 Å². The molecular weight excluding hydrogens is 250 g/mol. The summed E-state index contributed by atoms with van der Waals surface area (Å²) in [7, 11) is 0. The van der Waals surface area contributed by atoms with Crippen LogP contribution in [0.25, 0.3) is 10.4 Å². The zero-order valence-electron chi connectivity index (χ0n) is 10.9. The maximum Gasteiger partial charge on any atom is 0.236 e. The van der Waals surface area contributed by atoms with Gasteiger partial charge in [-0.1, -0.05) is 46.9 Å². The summed E-state index contributed by atoms with van der Waals surface area (Å²) in [6.07, 6.45) is 0. The van der Waals surface area contributed by atoms with Gasteiger partial charge in [-0.05, 0) is 36.6 Å². The van der Waals surface area contributed by atoms with Gasteiger partial charge in [0.15, 0.2) is 0 Å². The topological polar surface area (TPSA) is 65.8 Å². The van der Waals surface area contributed by atoms with Crippen LogP contribution in [0.2, 0.25) is 0 Å². The van der Waals surface area contributed by atoms with Crippen molar-refractivity contribution in [2.75, 3.05) is 0 Å². The molecule has 0 aromatic heterocycles. The molecule has 0 atom stereocenters. The van der Waals surface area contributed by atoms with Crippen molar-refractivity contribution in [3.8, 4) is 11.8 Å². The summed E-state index contributed by atoms with van der Waals surface area (Å²) in [6, 6.07) is 14.3. The standard InChI is InChI=1S/C16H11N3O/c1-12-7-9-15(18-19-17)14(11-12)16(20)10-8-13-5-3-2-4-6-13/h2-7,9,11H,1H3. The number of azide groups is 1. The monoisotopic (exact) mass is 261 g/mol. The minimum atomic E-state index is -0.361. The molecule has 0 amide bonds. The van der Waals surface area contributed by atoms with E-state index in [1.54, 1.807) is 18.2 Å². The highest BCUT2D eigenvalue weighted by Gasteiger charge is 2.08. The quantitative estimate of drug-likeness (QED) is 0.263. The smallest absolute Gasteiger partial charge is 0.236 e. The maximum atomic E-state index is 12.1. The average Bonchev–Trinajstić information content (AvgIpc) is 2.48. The molecule has 0 saturated carbocycles. The van der Waals surface area contributed by atoms with Crippen molar-refractivity contribution in [1.29, 1.82) is 0 Å². The van der Waals surface area contributed by atoms with Gasteiger partial charge in [0.05, 0.1) is 0 Å². The normalized spacial score (nSPS) is 9.05. The lowest BCUT2D eigenvalue weighted by Gasteiger charge is -2.01. The van der Waals surface area contributed by atoms with Crippen LogP contribution in [-0.2, 0) is 0 Å². The van der Waals surface area contributed by atoms with Gasteiger partial charge in [0, 0.05) is 21.7 Å². The number of carbonyl (C=O) groups is 1. The third kappa shape index (κ3) is 3.26. The van der Waals surface area contributed by atoms with Gasteiger partial charge in [-0.2, -0.15) is 0 Å². The van der Waals surface area contributed by atoms with Crippen molar-refractivity contribution in [2.24, 2.45) is 5.11 Å². The van der Waals surface area contributed by atoms with Gasteiger partial charge < -0.3 is 0 Å². The van der Waals surface area contributed by atoms with E-state index in [0.717, 1.165) is 11.1 Å². The molecule has 20 heavy (non-hydrogen) atoms. The Bertz CT molecular complexity index is 748. The SMILES string of the molecule is Cc1ccc(N=[N+]=[N-])c(C(=O)C#Cc2ccccc2)c1. The second-order valence-electron chi connectivity index (χ2n) is 4.16. The highest BCUT2D eigenvalue weighted by atomic mass is 16.1. The molecule has 96 valence electrons. The Morgan fingerprint density at radius 2 is 1.95 bits per heavy atom. The molecule has 4 nitrogen and oxygen atoms in total. The fraction of sp³-hybridized carbons (Fsp3) is 0.0625. The van der Waals surface area contributed by atoms with Gasteiger partial charge in [-0.15, -0.1) is 0 Å². The van der Waals surface area contributed by atoms with E-state index >= 15 is 0 Å². The molecule has 0 N–H and O–H groups in total. The minimum Gasteiger partial charge on any atom is -0.279 e. The first-order valence-corrected chi connectivity index (χ1v) is 5.98. The zero-order chi connectivity index (χ0) is 14.4. The number of hydrogen-bond acceptors (Lipinski definition) is 2. The van der Waals surface area contributed by atoms with E-state index in [-0.39, 0.29) is 5.78 Å². The van der Waals surface area contributed by atoms with Crippen LogP contribution in [0, 0.1) is 18.8 Å². The van der Waals surface area contributed by atoms with E-state index in [1.807, 2.05) is 37.3 Å². The number of nitrogens with zero attached hydrogens (tertiary/aromatic N) is 3. The van der Waals surface area contributed by atoms with E-state index in [1.165, 1.54) is 0 Å². The molecule has 0 aliphatic carbocycles. The largest absolute Gasteiger partial charge is 0.279 e. The van der Waals surface area contributed by atoms with Gasteiger partial charge in [-0.3, -0.25) is 4.79 Å². The van der Waals surface area contributed by atoms with E-state index in [2.05, 4.69) is 21.9 Å². The second kappa shape index (κ2) is 6.24. The highest BCUT2D eigenvalue weighted by Crippen LogP contribution is 2.21. The van der Waals surface area contributed by atoms with Gasteiger partial charge in [0.1, 0.15) is 0 Å². The summed E-state index contributed by atoms with van der Waals surface area (Å²) < 4.78 is 0. The fourth-order valence-electron chi connectivity index (χ4n) is 1.68. The van der Waals surface area contributed by atoms with Crippen LogP contribution in [0.1, 0.15) is 21.5 Å². The molecule has 0 heterocycles. The molecule has 0 fully saturated rings. The first kappa shape index (κ1) is 13.4. The molecule has 2 rings (SSSR count).